The molecule has 5 rings (SSSR count). The van der Waals surface area contributed by atoms with Crippen molar-refractivity contribution in [2.24, 2.45) is 0 Å². The summed E-state index contributed by atoms with van der Waals surface area (Å²) in [6, 6.07) is 20.1. The molecule has 5 nitrogen and oxygen atoms in total. The van der Waals surface area contributed by atoms with Crippen molar-refractivity contribution in [1.29, 1.82) is 0 Å². The lowest BCUT2D eigenvalue weighted by Crippen LogP contribution is -2.18. The molecular formula is C25H20FN3O2. The number of hydrogen-bond donors (Lipinski definition) is 1. The van der Waals surface area contributed by atoms with Gasteiger partial charge in [-0.3, -0.25) is 9.36 Å². The molecule has 2 aromatic carbocycles. The van der Waals surface area contributed by atoms with E-state index in [2.05, 4.69) is 9.97 Å². The number of aromatic nitrogens is 3. The smallest absolute Gasteiger partial charge is 0.278 e. The summed E-state index contributed by atoms with van der Waals surface area (Å²) in [7, 11) is 0. The molecule has 3 heterocycles. The summed E-state index contributed by atoms with van der Waals surface area (Å²) in [5.41, 5.74) is 2.88. The van der Waals surface area contributed by atoms with Gasteiger partial charge in [-0.15, -0.1) is 0 Å². The highest BCUT2D eigenvalue weighted by atomic mass is 19.1. The summed E-state index contributed by atoms with van der Waals surface area (Å²) >= 11 is 0. The van der Waals surface area contributed by atoms with Crippen molar-refractivity contribution < 1.29 is 8.81 Å². The van der Waals surface area contributed by atoms with Gasteiger partial charge in [-0.1, -0.05) is 42.5 Å². The number of fused-ring (bicyclic) bond motifs is 1. The van der Waals surface area contributed by atoms with E-state index in [0.717, 1.165) is 17.0 Å². The van der Waals surface area contributed by atoms with Gasteiger partial charge < -0.3 is 9.40 Å². The van der Waals surface area contributed by atoms with E-state index >= 15 is 0 Å². The summed E-state index contributed by atoms with van der Waals surface area (Å²) in [5, 5.41) is 0. The maximum absolute atomic E-state index is 14.5. The first-order valence-corrected chi connectivity index (χ1v) is 10.1. The minimum absolute atomic E-state index is 0.232. The average Bonchev–Trinajstić information content (AvgIpc) is 3.32. The lowest BCUT2D eigenvalue weighted by Gasteiger charge is -2.13. The zero-order chi connectivity index (χ0) is 21.4. The highest BCUT2D eigenvalue weighted by molar-refractivity contribution is 5.61. The number of aryl methyl sites for hydroxylation is 1. The molecule has 2 aliphatic heterocycles. The molecule has 1 N–H and O–H groups in total. The molecule has 0 spiro atoms. The van der Waals surface area contributed by atoms with E-state index in [1.54, 1.807) is 24.4 Å². The van der Waals surface area contributed by atoms with E-state index in [0.29, 0.717) is 41.4 Å². The first kappa shape index (κ1) is 19.1. The van der Waals surface area contributed by atoms with Crippen molar-refractivity contribution in [3.8, 4) is 17.1 Å². The van der Waals surface area contributed by atoms with Crippen LogP contribution in [-0.2, 0) is 12.8 Å². The van der Waals surface area contributed by atoms with Gasteiger partial charge in [0, 0.05) is 18.2 Å². The van der Waals surface area contributed by atoms with E-state index in [-0.39, 0.29) is 11.4 Å². The molecule has 6 heteroatoms. The van der Waals surface area contributed by atoms with Gasteiger partial charge in [0.25, 0.3) is 5.56 Å². The molecule has 3 aromatic rings. The topological polar surface area (TPSA) is 63.8 Å². The molecule has 0 fully saturated rings. The summed E-state index contributed by atoms with van der Waals surface area (Å²) in [6.45, 7) is 1.86. The second-order valence-electron chi connectivity index (χ2n) is 7.53. The molecule has 0 amide bonds. The number of furan rings is 1. The lowest BCUT2D eigenvalue weighted by molar-refractivity contribution is 0.491. The van der Waals surface area contributed by atoms with Crippen LogP contribution in [0.15, 0.2) is 82.1 Å². The molecule has 0 saturated carbocycles. The lowest BCUT2D eigenvalue weighted by atomic mass is 10.1. The van der Waals surface area contributed by atoms with Gasteiger partial charge in [0.2, 0.25) is 0 Å². The maximum atomic E-state index is 14.5. The molecule has 2 aliphatic rings. The van der Waals surface area contributed by atoms with Gasteiger partial charge in [-0.2, -0.15) is 0 Å². The average molecular weight is 413 g/mol. The Kier molecular flexibility index (Phi) is 4.75. The van der Waals surface area contributed by atoms with Crippen LogP contribution in [0.1, 0.15) is 28.5 Å². The van der Waals surface area contributed by atoms with Crippen molar-refractivity contribution in [1.82, 2.24) is 14.5 Å². The molecule has 154 valence electrons. The molecule has 0 saturated heterocycles. The Morgan fingerprint density at radius 2 is 1.77 bits per heavy atom. The van der Waals surface area contributed by atoms with E-state index in [4.69, 9.17) is 4.42 Å². The Morgan fingerprint density at radius 3 is 2.52 bits per heavy atom. The number of benzene rings is 2. The number of aromatic amines is 1. The van der Waals surface area contributed by atoms with Crippen LogP contribution in [0.2, 0.25) is 0 Å². The third-order valence-electron chi connectivity index (χ3n) is 5.27. The molecular weight excluding hydrogens is 393 g/mol. The second kappa shape index (κ2) is 7.72. The third kappa shape index (κ3) is 3.68. The summed E-state index contributed by atoms with van der Waals surface area (Å²) in [4.78, 5) is 21.1. The standard InChI is InChI=1S/C25H20FN3O2/c1-16-11-12-18(31-16)14-22-25(30)29-15-23(19-9-5-6-10-20(19)26)27-21(24(29)28-22)13-17-7-3-2-4-8-17/h2-12,15,27H,13-14H2,1H3. The monoisotopic (exact) mass is 413 g/mol. The summed E-state index contributed by atoms with van der Waals surface area (Å²) < 4.78 is 21.6. The van der Waals surface area contributed by atoms with E-state index in [1.165, 1.54) is 10.6 Å². The minimum Gasteiger partial charge on any atom is -0.466 e. The second-order valence-corrected chi connectivity index (χ2v) is 7.53. The number of imidazole rings is 1. The SMILES string of the molecule is Cc1ccc(Cc2nc3c(Cc4ccccc4)[nH]c(-c4ccccc4F)cn-3c2=O)o1. The fourth-order valence-electron chi connectivity index (χ4n) is 3.78. The Morgan fingerprint density at radius 1 is 1.00 bits per heavy atom. The van der Waals surface area contributed by atoms with Gasteiger partial charge in [0.1, 0.15) is 23.0 Å². The highest BCUT2D eigenvalue weighted by Gasteiger charge is 2.21. The van der Waals surface area contributed by atoms with Gasteiger partial charge >= 0.3 is 0 Å². The van der Waals surface area contributed by atoms with Gasteiger partial charge in [-0.05, 0) is 36.8 Å². The number of halogens is 1. The molecule has 0 unspecified atom stereocenters. The summed E-state index contributed by atoms with van der Waals surface area (Å²) in [5.74, 6) is 1.64. The molecule has 31 heavy (non-hydrogen) atoms. The van der Waals surface area contributed by atoms with Gasteiger partial charge in [0.15, 0.2) is 5.82 Å². The molecule has 0 bridgehead atoms. The van der Waals surface area contributed by atoms with Crippen LogP contribution in [-0.4, -0.2) is 14.5 Å². The van der Waals surface area contributed by atoms with Crippen molar-refractivity contribution in [3.63, 3.8) is 0 Å². The number of nitrogens with one attached hydrogen (secondary N) is 1. The van der Waals surface area contributed by atoms with Crippen LogP contribution in [0, 0.1) is 12.7 Å². The van der Waals surface area contributed by atoms with Crippen LogP contribution in [0.4, 0.5) is 4.39 Å². The van der Waals surface area contributed by atoms with Crippen LogP contribution in [0.25, 0.3) is 17.1 Å². The van der Waals surface area contributed by atoms with Crippen LogP contribution in [0.3, 0.4) is 0 Å². The van der Waals surface area contributed by atoms with Gasteiger partial charge in [0.05, 0.1) is 17.8 Å². The van der Waals surface area contributed by atoms with Crippen LogP contribution < -0.4 is 5.56 Å². The first-order chi connectivity index (χ1) is 15.1. The largest absolute Gasteiger partial charge is 0.466 e. The Hall–Kier alpha value is -3.93. The van der Waals surface area contributed by atoms with Gasteiger partial charge in [-0.25, -0.2) is 9.37 Å². The molecule has 0 atom stereocenters. The summed E-state index contributed by atoms with van der Waals surface area (Å²) in [6.07, 6.45) is 2.45. The zero-order valence-electron chi connectivity index (χ0n) is 16.9. The zero-order valence-corrected chi connectivity index (χ0v) is 16.9. The minimum atomic E-state index is -0.359. The number of nitrogens with zero attached hydrogens (tertiary/aromatic N) is 2. The van der Waals surface area contributed by atoms with Crippen molar-refractivity contribution in [3.05, 3.63) is 118 Å². The van der Waals surface area contributed by atoms with Crippen LogP contribution >= 0.6 is 0 Å². The van der Waals surface area contributed by atoms with Crippen molar-refractivity contribution in [2.75, 3.05) is 0 Å². The van der Waals surface area contributed by atoms with Crippen LogP contribution in [0.5, 0.6) is 0 Å². The van der Waals surface area contributed by atoms with Crippen molar-refractivity contribution >= 4 is 0 Å². The fourth-order valence-corrected chi connectivity index (χ4v) is 3.78. The molecule has 0 aliphatic carbocycles. The first-order valence-electron chi connectivity index (χ1n) is 10.1. The van der Waals surface area contributed by atoms with Crippen molar-refractivity contribution in [2.45, 2.75) is 19.8 Å². The maximum Gasteiger partial charge on any atom is 0.278 e. The quantitative estimate of drug-likeness (QED) is 0.446. The van der Waals surface area contributed by atoms with E-state index in [9.17, 15) is 9.18 Å². The number of H-pyrrole nitrogens is 1. The Balaban J connectivity index is 1.67. The highest BCUT2D eigenvalue weighted by Crippen LogP contribution is 2.25. The predicted molar refractivity (Wildman–Crippen MR) is 116 cm³/mol. The van der Waals surface area contributed by atoms with E-state index < -0.39 is 0 Å². The molecule has 0 radical (unpaired) electrons. The molecule has 1 aromatic heterocycles. The third-order valence-corrected chi connectivity index (χ3v) is 5.27. The fraction of sp³-hybridized carbons (Fsp3) is 0.120. The number of rotatable bonds is 5. The predicted octanol–water partition coefficient (Wildman–Crippen LogP) is 4.89. The Bertz CT molecular complexity index is 1380. The Labute approximate surface area is 178 Å². The normalized spacial score (nSPS) is 11.3. The van der Waals surface area contributed by atoms with E-state index in [1.807, 2.05) is 49.4 Å². The number of hydrogen-bond acceptors (Lipinski definition) is 3.